The average molecular weight is 250 g/mol. The van der Waals surface area contributed by atoms with Crippen LogP contribution in [-0.2, 0) is 9.59 Å². The Kier molecular flexibility index (Phi) is 3.03. The van der Waals surface area contributed by atoms with E-state index in [4.69, 9.17) is 11.6 Å². The quantitative estimate of drug-likeness (QED) is 0.597. The molecule has 2 rings (SSSR count). The van der Waals surface area contributed by atoms with Gasteiger partial charge in [0.05, 0.1) is 16.8 Å². The standard InChI is InChI=1S/C13H12ClNO2/c1-8(16)7-10-9(2)15(13(10)17)12-6-4-3-5-11(12)14/h3-7,9H,1-2H3/b10-7+. The van der Waals surface area contributed by atoms with Gasteiger partial charge in [-0.15, -0.1) is 0 Å². The van der Waals surface area contributed by atoms with Crippen molar-refractivity contribution in [3.63, 3.8) is 0 Å². The maximum Gasteiger partial charge on any atom is 0.257 e. The maximum atomic E-state index is 11.9. The van der Waals surface area contributed by atoms with E-state index in [-0.39, 0.29) is 17.7 Å². The van der Waals surface area contributed by atoms with Gasteiger partial charge in [-0.3, -0.25) is 14.5 Å². The van der Waals surface area contributed by atoms with Crippen LogP contribution in [0.2, 0.25) is 5.02 Å². The zero-order valence-corrected chi connectivity index (χ0v) is 10.4. The van der Waals surface area contributed by atoms with Crippen molar-refractivity contribution in [3.8, 4) is 0 Å². The molecule has 4 heteroatoms. The minimum Gasteiger partial charge on any atom is -0.300 e. The van der Waals surface area contributed by atoms with E-state index in [2.05, 4.69) is 0 Å². The summed E-state index contributed by atoms with van der Waals surface area (Å²) < 4.78 is 0. The summed E-state index contributed by atoms with van der Waals surface area (Å²) in [5.41, 5.74) is 1.23. The number of β-lactam (4-membered cyclic amide) rings is 1. The third-order valence-electron chi connectivity index (χ3n) is 2.77. The van der Waals surface area contributed by atoms with Crippen LogP contribution < -0.4 is 4.90 Å². The largest absolute Gasteiger partial charge is 0.300 e. The van der Waals surface area contributed by atoms with Gasteiger partial charge >= 0.3 is 0 Å². The first-order valence-corrected chi connectivity index (χ1v) is 5.70. The molecule has 1 unspecified atom stereocenters. The van der Waals surface area contributed by atoms with Gasteiger partial charge in [-0.1, -0.05) is 23.7 Å². The summed E-state index contributed by atoms with van der Waals surface area (Å²) in [6, 6.07) is 7.07. The molecule has 0 spiro atoms. The Bertz CT molecular complexity index is 522. The van der Waals surface area contributed by atoms with E-state index in [1.54, 1.807) is 17.0 Å². The molecule has 1 atom stereocenters. The fourth-order valence-corrected chi connectivity index (χ4v) is 2.16. The molecule has 1 aromatic carbocycles. The van der Waals surface area contributed by atoms with Gasteiger partial charge in [-0.2, -0.15) is 0 Å². The SMILES string of the molecule is CC(=O)/C=C1/C(=O)N(c2ccccc2Cl)C1C. The summed E-state index contributed by atoms with van der Waals surface area (Å²) >= 11 is 6.04. The molecular formula is C13H12ClNO2. The second kappa shape index (κ2) is 4.34. The van der Waals surface area contributed by atoms with Crippen molar-refractivity contribution in [1.82, 2.24) is 0 Å². The van der Waals surface area contributed by atoms with Gasteiger partial charge in [0.15, 0.2) is 5.78 Å². The van der Waals surface area contributed by atoms with E-state index in [0.717, 1.165) is 0 Å². The van der Waals surface area contributed by atoms with Crippen LogP contribution >= 0.6 is 11.6 Å². The number of benzene rings is 1. The molecule has 0 N–H and O–H groups in total. The minimum atomic E-state index is -0.152. The van der Waals surface area contributed by atoms with Gasteiger partial charge in [-0.05, 0) is 32.1 Å². The zero-order valence-electron chi connectivity index (χ0n) is 9.61. The molecule has 0 radical (unpaired) electrons. The highest BCUT2D eigenvalue weighted by Crippen LogP contribution is 2.36. The van der Waals surface area contributed by atoms with Crippen LogP contribution in [0, 0.1) is 0 Å². The number of amides is 1. The predicted octanol–water partition coefficient (Wildman–Crippen LogP) is 2.59. The molecule has 17 heavy (non-hydrogen) atoms. The van der Waals surface area contributed by atoms with E-state index in [9.17, 15) is 9.59 Å². The monoisotopic (exact) mass is 249 g/mol. The summed E-state index contributed by atoms with van der Waals surface area (Å²) in [5, 5.41) is 0.537. The third kappa shape index (κ3) is 1.98. The van der Waals surface area contributed by atoms with Gasteiger partial charge < -0.3 is 0 Å². The van der Waals surface area contributed by atoms with Crippen molar-refractivity contribution in [1.29, 1.82) is 0 Å². The molecule has 0 bridgehead atoms. The first kappa shape index (κ1) is 11.9. The van der Waals surface area contributed by atoms with Crippen LogP contribution in [-0.4, -0.2) is 17.7 Å². The van der Waals surface area contributed by atoms with Gasteiger partial charge in [0, 0.05) is 5.57 Å². The highest BCUT2D eigenvalue weighted by molar-refractivity contribution is 6.34. The molecule has 0 aliphatic carbocycles. The van der Waals surface area contributed by atoms with Crippen molar-refractivity contribution in [3.05, 3.63) is 40.9 Å². The van der Waals surface area contributed by atoms with E-state index >= 15 is 0 Å². The Morgan fingerprint density at radius 3 is 2.59 bits per heavy atom. The normalized spacial score (nSPS) is 21.6. The summed E-state index contributed by atoms with van der Waals surface area (Å²) in [6.45, 7) is 3.31. The first-order chi connectivity index (χ1) is 8.02. The lowest BCUT2D eigenvalue weighted by Crippen LogP contribution is -2.54. The number of para-hydroxylation sites is 1. The van der Waals surface area contributed by atoms with Gasteiger partial charge in [0.25, 0.3) is 5.91 Å². The number of carbonyl (C=O) groups excluding carboxylic acids is 2. The highest BCUT2D eigenvalue weighted by Gasteiger charge is 2.40. The Balaban J connectivity index is 2.31. The molecule has 1 heterocycles. The highest BCUT2D eigenvalue weighted by atomic mass is 35.5. The van der Waals surface area contributed by atoms with Crippen LogP contribution in [0.5, 0.6) is 0 Å². The summed E-state index contributed by atoms with van der Waals surface area (Å²) in [6.07, 6.45) is 1.39. The zero-order chi connectivity index (χ0) is 12.6. The predicted molar refractivity (Wildman–Crippen MR) is 67.2 cm³/mol. The first-order valence-electron chi connectivity index (χ1n) is 5.32. The molecule has 1 saturated heterocycles. The van der Waals surface area contributed by atoms with E-state index in [0.29, 0.717) is 16.3 Å². The van der Waals surface area contributed by atoms with Gasteiger partial charge in [0.1, 0.15) is 0 Å². The Hall–Kier alpha value is -1.61. The van der Waals surface area contributed by atoms with Crippen molar-refractivity contribution >= 4 is 29.0 Å². The van der Waals surface area contributed by atoms with Crippen LogP contribution in [0.15, 0.2) is 35.9 Å². The maximum absolute atomic E-state index is 11.9. The number of rotatable bonds is 2. The lowest BCUT2D eigenvalue weighted by molar-refractivity contribution is -0.119. The topological polar surface area (TPSA) is 37.4 Å². The van der Waals surface area contributed by atoms with Crippen molar-refractivity contribution in [2.75, 3.05) is 4.90 Å². The van der Waals surface area contributed by atoms with E-state index in [1.807, 2.05) is 19.1 Å². The van der Waals surface area contributed by atoms with Crippen molar-refractivity contribution in [2.45, 2.75) is 19.9 Å². The Morgan fingerprint density at radius 2 is 2.06 bits per heavy atom. The number of halogens is 1. The second-order valence-electron chi connectivity index (χ2n) is 4.01. The van der Waals surface area contributed by atoms with Crippen LogP contribution in [0.25, 0.3) is 0 Å². The van der Waals surface area contributed by atoms with Gasteiger partial charge in [0.2, 0.25) is 0 Å². The van der Waals surface area contributed by atoms with Crippen LogP contribution in [0.3, 0.4) is 0 Å². The van der Waals surface area contributed by atoms with Crippen molar-refractivity contribution in [2.24, 2.45) is 0 Å². The molecule has 1 aromatic rings. The lowest BCUT2D eigenvalue weighted by Gasteiger charge is -2.40. The number of allylic oxidation sites excluding steroid dienone is 1. The summed E-state index contributed by atoms with van der Waals surface area (Å²) in [7, 11) is 0. The minimum absolute atomic E-state index is 0.105. The summed E-state index contributed by atoms with van der Waals surface area (Å²) in [4.78, 5) is 24.5. The Morgan fingerprint density at radius 1 is 1.41 bits per heavy atom. The smallest absolute Gasteiger partial charge is 0.257 e. The van der Waals surface area contributed by atoms with E-state index < -0.39 is 0 Å². The fraction of sp³-hybridized carbons (Fsp3) is 0.231. The fourth-order valence-electron chi connectivity index (χ4n) is 1.93. The number of hydrogen-bond acceptors (Lipinski definition) is 2. The summed E-state index contributed by atoms with van der Waals surface area (Å²) in [5.74, 6) is -0.264. The van der Waals surface area contributed by atoms with Crippen molar-refractivity contribution < 1.29 is 9.59 Å². The number of hydrogen-bond donors (Lipinski definition) is 0. The van der Waals surface area contributed by atoms with Gasteiger partial charge in [-0.25, -0.2) is 0 Å². The number of anilines is 1. The average Bonchev–Trinajstić information content (AvgIpc) is 2.29. The molecule has 88 valence electrons. The number of ketones is 1. The van der Waals surface area contributed by atoms with Crippen LogP contribution in [0.1, 0.15) is 13.8 Å². The molecule has 1 fully saturated rings. The number of carbonyl (C=O) groups is 2. The molecule has 3 nitrogen and oxygen atoms in total. The molecule has 0 aromatic heterocycles. The molecule has 0 saturated carbocycles. The molecule has 1 aliphatic rings. The second-order valence-corrected chi connectivity index (χ2v) is 4.42. The number of nitrogens with zero attached hydrogens (tertiary/aromatic N) is 1. The third-order valence-corrected chi connectivity index (χ3v) is 3.09. The van der Waals surface area contributed by atoms with E-state index in [1.165, 1.54) is 13.0 Å². The molecule has 1 aliphatic heterocycles. The lowest BCUT2D eigenvalue weighted by atomic mass is 9.94. The Labute approximate surface area is 105 Å². The molecular weight excluding hydrogens is 238 g/mol. The molecule has 1 amide bonds. The van der Waals surface area contributed by atoms with Crippen LogP contribution in [0.4, 0.5) is 5.69 Å².